The third-order valence-corrected chi connectivity index (χ3v) is 2.12. The van der Waals surface area contributed by atoms with Gasteiger partial charge in [-0.1, -0.05) is 19.1 Å². The van der Waals surface area contributed by atoms with E-state index in [-0.39, 0.29) is 6.23 Å². The first-order valence-electron chi connectivity index (χ1n) is 4.63. The normalized spacial score (nSPS) is 20.4. The summed E-state index contributed by atoms with van der Waals surface area (Å²) in [4.78, 5) is 9.64. The van der Waals surface area contributed by atoms with Crippen LogP contribution in [-0.4, -0.2) is 5.84 Å². The average Bonchev–Trinajstić information content (AvgIpc) is 2.67. The molecule has 1 heterocycles. The molecule has 0 bridgehead atoms. The van der Waals surface area contributed by atoms with Crippen molar-refractivity contribution in [3.63, 3.8) is 0 Å². The Hall–Kier alpha value is -1.55. The zero-order valence-electron chi connectivity index (χ0n) is 8.03. The number of hydroxylamine groups is 1. The number of rotatable bonds is 2. The molecule has 4 nitrogen and oxygen atoms in total. The summed E-state index contributed by atoms with van der Waals surface area (Å²) in [6, 6.07) is 7.53. The highest BCUT2D eigenvalue weighted by molar-refractivity contribution is 5.82. The lowest BCUT2D eigenvalue weighted by Gasteiger charge is -2.05. The molecule has 0 aromatic heterocycles. The Morgan fingerprint density at radius 1 is 1.43 bits per heavy atom. The van der Waals surface area contributed by atoms with Crippen molar-refractivity contribution in [3.05, 3.63) is 29.8 Å². The second kappa shape index (κ2) is 3.67. The molecule has 1 atom stereocenters. The van der Waals surface area contributed by atoms with Gasteiger partial charge >= 0.3 is 0 Å². The molecule has 0 aliphatic carbocycles. The van der Waals surface area contributed by atoms with E-state index in [2.05, 4.69) is 10.5 Å². The largest absolute Gasteiger partial charge is 0.399 e. The fourth-order valence-electron chi connectivity index (χ4n) is 1.28. The van der Waals surface area contributed by atoms with Gasteiger partial charge in [0.25, 0.3) is 0 Å². The molecular weight excluding hydrogens is 178 g/mol. The number of anilines is 1. The summed E-state index contributed by atoms with van der Waals surface area (Å²) >= 11 is 0. The minimum Gasteiger partial charge on any atom is -0.399 e. The second-order valence-electron chi connectivity index (χ2n) is 3.17. The molecule has 1 aromatic rings. The summed E-state index contributed by atoms with van der Waals surface area (Å²) in [6.45, 7) is 2.03. The van der Waals surface area contributed by atoms with Gasteiger partial charge in [-0.2, -0.15) is 0 Å². The molecule has 1 aliphatic rings. The van der Waals surface area contributed by atoms with Crippen LogP contribution in [0.2, 0.25) is 0 Å². The number of nitrogens with two attached hydrogens (primary N) is 1. The summed E-state index contributed by atoms with van der Waals surface area (Å²) in [5, 5.41) is 0. The Bertz CT molecular complexity index is 345. The molecular formula is C10H13N3O. The average molecular weight is 191 g/mol. The zero-order valence-corrected chi connectivity index (χ0v) is 8.03. The molecule has 0 saturated heterocycles. The van der Waals surface area contributed by atoms with Crippen LogP contribution < -0.4 is 11.2 Å². The fourth-order valence-corrected chi connectivity index (χ4v) is 1.28. The van der Waals surface area contributed by atoms with Crippen LogP contribution in [0.4, 0.5) is 5.69 Å². The van der Waals surface area contributed by atoms with E-state index >= 15 is 0 Å². The minimum atomic E-state index is -0.231. The summed E-state index contributed by atoms with van der Waals surface area (Å²) in [5.74, 6) is 0.881. The Labute approximate surface area is 82.7 Å². The van der Waals surface area contributed by atoms with Crippen molar-refractivity contribution in [3.8, 4) is 0 Å². The summed E-state index contributed by atoms with van der Waals surface area (Å²) < 4.78 is 0. The maximum Gasteiger partial charge on any atom is 0.202 e. The first kappa shape index (κ1) is 9.02. The van der Waals surface area contributed by atoms with Crippen LogP contribution in [0.25, 0.3) is 0 Å². The van der Waals surface area contributed by atoms with E-state index in [9.17, 15) is 0 Å². The van der Waals surface area contributed by atoms with E-state index in [4.69, 9.17) is 10.6 Å². The topological polar surface area (TPSA) is 59.6 Å². The van der Waals surface area contributed by atoms with E-state index < -0.39 is 0 Å². The number of nitrogens with zero attached hydrogens (tertiary/aromatic N) is 1. The quantitative estimate of drug-likeness (QED) is 0.698. The van der Waals surface area contributed by atoms with E-state index in [1.54, 1.807) is 0 Å². The highest BCUT2D eigenvalue weighted by atomic mass is 16.7. The molecule has 0 radical (unpaired) electrons. The molecule has 1 unspecified atom stereocenters. The summed E-state index contributed by atoms with van der Waals surface area (Å²) in [7, 11) is 0. The lowest BCUT2D eigenvalue weighted by atomic mass is 10.2. The standard InChI is InChI=1S/C10H13N3O/c1-2-9-12-10(14-13-9)7-3-5-8(11)6-4-7/h3-6,10H,2,11H2,1H3,(H,12,13). The van der Waals surface area contributed by atoms with Crippen molar-refractivity contribution in [2.45, 2.75) is 19.6 Å². The van der Waals surface area contributed by atoms with E-state index in [0.29, 0.717) is 0 Å². The summed E-state index contributed by atoms with van der Waals surface area (Å²) in [5.41, 5.74) is 10.1. The molecule has 0 fully saturated rings. The number of benzene rings is 1. The molecule has 1 aromatic carbocycles. The van der Waals surface area contributed by atoms with Gasteiger partial charge in [-0.15, -0.1) is 0 Å². The van der Waals surface area contributed by atoms with Gasteiger partial charge < -0.3 is 5.73 Å². The number of aliphatic imine (C=N–C) groups is 1. The predicted molar refractivity (Wildman–Crippen MR) is 55.5 cm³/mol. The van der Waals surface area contributed by atoms with Crippen molar-refractivity contribution in [1.29, 1.82) is 0 Å². The van der Waals surface area contributed by atoms with Crippen LogP contribution in [0, 0.1) is 0 Å². The van der Waals surface area contributed by atoms with Crippen molar-refractivity contribution < 1.29 is 4.84 Å². The lowest BCUT2D eigenvalue weighted by molar-refractivity contribution is 0.0371. The van der Waals surface area contributed by atoms with Gasteiger partial charge in [-0.05, 0) is 12.1 Å². The SMILES string of the molecule is CCC1=NC(c2ccc(N)cc2)ON1. The first-order valence-corrected chi connectivity index (χ1v) is 4.63. The van der Waals surface area contributed by atoms with E-state index in [0.717, 1.165) is 23.5 Å². The van der Waals surface area contributed by atoms with Gasteiger partial charge in [-0.25, -0.2) is 9.83 Å². The van der Waals surface area contributed by atoms with Gasteiger partial charge in [0.05, 0.1) is 0 Å². The van der Waals surface area contributed by atoms with Gasteiger partial charge in [0.15, 0.2) is 0 Å². The molecule has 4 heteroatoms. The Balaban J connectivity index is 2.17. The van der Waals surface area contributed by atoms with E-state index in [1.165, 1.54) is 0 Å². The maximum atomic E-state index is 5.59. The number of amidine groups is 1. The predicted octanol–water partition coefficient (Wildman–Crippen LogP) is 1.61. The van der Waals surface area contributed by atoms with Crippen LogP contribution in [0.3, 0.4) is 0 Å². The van der Waals surface area contributed by atoms with Gasteiger partial charge in [0, 0.05) is 17.7 Å². The second-order valence-corrected chi connectivity index (χ2v) is 3.17. The number of hydrogen-bond acceptors (Lipinski definition) is 4. The molecule has 3 N–H and O–H groups in total. The van der Waals surface area contributed by atoms with Crippen LogP contribution in [0.1, 0.15) is 25.1 Å². The van der Waals surface area contributed by atoms with Gasteiger partial charge in [-0.3, -0.25) is 5.48 Å². The van der Waals surface area contributed by atoms with Crippen LogP contribution in [0.15, 0.2) is 29.3 Å². The molecule has 0 spiro atoms. The summed E-state index contributed by atoms with van der Waals surface area (Å²) in [6.07, 6.45) is 0.622. The van der Waals surface area contributed by atoms with Crippen LogP contribution in [0.5, 0.6) is 0 Å². The Morgan fingerprint density at radius 2 is 2.14 bits per heavy atom. The molecule has 0 saturated carbocycles. The first-order chi connectivity index (χ1) is 6.79. The molecule has 74 valence electrons. The zero-order chi connectivity index (χ0) is 9.97. The highest BCUT2D eigenvalue weighted by Crippen LogP contribution is 2.22. The molecule has 14 heavy (non-hydrogen) atoms. The third kappa shape index (κ3) is 1.70. The smallest absolute Gasteiger partial charge is 0.202 e. The lowest BCUT2D eigenvalue weighted by Crippen LogP contribution is -2.15. The van der Waals surface area contributed by atoms with E-state index in [1.807, 2.05) is 31.2 Å². The molecule has 2 rings (SSSR count). The highest BCUT2D eigenvalue weighted by Gasteiger charge is 2.17. The maximum absolute atomic E-state index is 5.59. The van der Waals surface area contributed by atoms with Crippen LogP contribution >= 0.6 is 0 Å². The number of nitrogens with one attached hydrogen (secondary N) is 1. The minimum absolute atomic E-state index is 0.231. The Morgan fingerprint density at radius 3 is 2.71 bits per heavy atom. The monoisotopic (exact) mass is 191 g/mol. The van der Waals surface area contributed by atoms with Gasteiger partial charge in [0.2, 0.25) is 6.23 Å². The van der Waals surface area contributed by atoms with Crippen molar-refractivity contribution >= 4 is 11.5 Å². The van der Waals surface area contributed by atoms with Crippen LogP contribution in [-0.2, 0) is 4.84 Å². The van der Waals surface area contributed by atoms with Crippen molar-refractivity contribution in [2.24, 2.45) is 4.99 Å². The number of nitrogen functional groups attached to an aromatic ring is 1. The molecule has 1 aliphatic heterocycles. The van der Waals surface area contributed by atoms with Crippen molar-refractivity contribution in [1.82, 2.24) is 5.48 Å². The third-order valence-electron chi connectivity index (χ3n) is 2.12. The Kier molecular flexibility index (Phi) is 2.37. The fraction of sp³-hybridized carbons (Fsp3) is 0.300. The molecule has 0 amide bonds. The van der Waals surface area contributed by atoms with Gasteiger partial charge in [0.1, 0.15) is 5.84 Å². The number of hydrogen-bond donors (Lipinski definition) is 2. The van der Waals surface area contributed by atoms with Crippen molar-refractivity contribution in [2.75, 3.05) is 5.73 Å².